The largest absolute Gasteiger partial charge is 0.468 e. The number of rotatable bonds is 7. The quantitative estimate of drug-likeness (QED) is 0.324. The standard InChI is InChI=1S/C20H20N2O5/c1-15-5-3-4-6-17(15)13-21(14-20(24)27-2)19(23)12-9-16-7-10-18(11-8-16)22(25)26/h3-12H,13-14H2,1-2H3/b12-9+. The molecular formula is C20H20N2O5. The Bertz CT molecular complexity index is 859. The Morgan fingerprint density at radius 1 is 1.15 bits per heavy atom. The van der Waals surface area contributed by atoms with E-state index in [0.717, 1.165) is 11.1 Å². The number of nitro groups is 1. The van der Waals surface area contributed by atoms with Crippen molar-refractivity contribution in [1.29, 1.82) is 0 Å². The van der Waals surface area contributed by atoms with Gasteiger partial charge in [-0.2, -0.15) is 0 Å². The molecule has 27 heavy (non-hydrogen) atoms. The van der Waals surface area contributed by atoms with E-state index in [4.69, 9.17) is 0 Å². The van der Waals surface area contributed by atoms with Crippen molar-refractivity contribution in [3.05, 3.63) is 81.4 Å². The molecule has 140 valence electrons. The number of esters is 1. The fraction of sp³-hybridized carbons (Fsp3) is 0.200. The van der Waals surface area contributed by atoms with Crippen LogP contribution < -0.4 is 0 Å². The van der Waals surface area contributed by atoms with Crippen LogP contribution in [0.4, 0.5) is 5.69 Å². The minimum atomic E-state index is -0.513. The van der Waals surface area contributed by atoms with Crippen LogP contribution in [0.15, 0.2) is 54.6 Å². The van der Waals surface area contributed by atoms with Gasteiger partial charge < -0.3 is 9.64 Å². The summed E-state index contributed by atoms with van der Waals surface area (Å²) in [5, 5.41) is 10.7. The summed E-state index contributed by atoms with van der Waals surface area (Å²) < 4.78 is 4.68. The third kappa shape index (κ3) is 5.78. The molecule has 0 unspecified atom stereocenters. The molecule has 0 aliphatic carbocycles. The van der Waals surface area contributed by atoms with Crippen molar-refractivity contribution >= 4 is 23.6 Å². The van der Waals surface area contributed by atoms with Gasteiger partial charge in [-0.25, -0.2) is 0 Å². The van der Waals surface area contributed by atoms with Crippen molar-refractivity contribution in [2.45, 2.75) is 13.5 Å². The fourth-order valence-corrected chi connectivity index (χ4v) is 2.41. The highest BCUT2D eigenvalue weighted by Crippen LogP contribution is 2.14. The number of carbonyl (C=O) groups is 2. The molecule has 0 saturated carbocycles. The lowest BCUT2D eigenvalue weighted by atomic mass is 10.1. The van der Waals surface area contributed by atoms with E-state index in [9.17, 15) is 19.7 Å². The molecule has 0 bridgehead atoms. The summed E-state index contributed by atoms with van der Waals surface area (Å²) in [5.41, 5.74) is 2.56. The van der Waals surface area contributed by atoms with Crippen LogP contribution in [0, 0.1) is 17.0 Å². The minimum Gasteiger partial charge on any atom is -0.468 e. The number of amides is 1. The predicted octanol–water partition coefficient (Wildman–Crippen LogP) is 3.12. The predicted molar refractivity (Wildman–Crippen MR) is 101 cm³/mol. The second-order valence-corrected chi connectivity index (χ2v) is 5.88. The zero-order valence-corrected chi connectivity index (χ0v) is 15.1. The van der Waals surface area contributed by atoms with Gasteiger partial charge in [-0.05, 0) is 41.8 Å². The first-order chi connectivity index (χ1) is 12.9. The van der Waals surface area contributed by atoms with Crippen LogP contribution in [0.5, 0.6) is 0 Å². The molecule has 0 aliphatic heterocycles. The molecule has 0 radical (unpaired) electrons. The topological polar surface area (TPSA) is 89.8 Å². The first kappa shape index (κ1) is 19.8. The zero-order valence-electron chi connectivity index (χ0n) is 15.1. The lowest BCUT2D eigenvalue weighted by Gasteiger charge is -2.21. The number of ether oxygens (including phenoxy) is 1. The maximum atomic E-state index is 12.6. The maximum absolute atomic E-state index is 12.6. The second kappa shape index (κ2) is 9.28. The first-order valence-electron chi connectivity index (χ1n) is 8.23. The maximum Gasteiger partial charge on any atom is 0.325 e. The van der Waals surface area contributed by atoms with E-state index in [-0.39, 0.29) is 24.7 Å². The highest BCUT2D eigenvalue weighted by molar-refractivity contribution is 5.93. The van der Waals surface area contributed by atoms with Gasteiger partial charge in [-0.15, -0.1) is 0 Å². The van der Waals surface area contributed by atoms with Crippen molar-refractivity contribution in [3.8, 4) is 0 Å². The third-order valence-corrected chi connectivity index (χ3v) is 4.00. The average Bonchev–Trinajstić information content (AvgIpc) is 2.67. The van der Waals surface area contributed by atoms with Crippen molar-refractivity contribution in [2.75, 3.05) is 13.7 Å². The van der Waals surface area contributed by atoms with E-state index in [0.29, 0.717) is 5.56 Å². The summed E-state index contributed by atoms with van der Waals surface area (Å²) in [6.45, 7) is 2.03. The van der Waals surface area contributed by atoms with E-state index in [2.05, 4.69) is 4.74 Å². The van der Waals surface area contributed by atoms with Crippen LogP contribution in [0.3, 0.4) is 0 Å². The van der Waals surface area contributed by atoms with Gasteiger partial charge in [0.2, 0.25) is 5.91 Å². The third-order valence-electron chi connectivity index (χ3n) is 4.00. The summed E-state index contributed by atoms with van der Waals surface area (Å²) >= 11 is 0. The van der Waals surface area contributed by atoms with Crippen molar-refractivity contribution in [3.63, 3.8) is 0 Å². The molecular weight excluding hydrogens is 348 g/mol. The SMILES string of the molecule is COC(=O)CN(Cc1ccccc1C)C(=O)/C=C/c1ccc([N+](=O)[O-])cc1. The summed E-state index contributed by atoms with van der Waals surface area (Å²) in [6.07, 6.45) is 2.89. The number of hydrogen-bond acceptors (Lipinski definition) is 5. The molecule has 7 nitrogen and oxygen atoms in total. The highest BCUT2D eigenvalue weighted by atomic mass is 16.6. The van der Waals surface area contributed by atoms with Gasteiger partial charge in [-0.3, -0.25) is 19.7 Å². The van der Waals surface area contributed by atoms with Crippen molar-refractivity contribution in [1.82, 2.24) is 4.90 Å². The molecule has 7 heteroatoms. The number of aryl methyl sites for hydroxylation is 1. The molecule has 0 N–H and O–H groups in total. The van der Waals surface area contributed by atoms with Crippen LogP contribution in [-0.2, 0) is 20.9 Å². The number of nitrogens with zero attached hydrogens (tertiary/aromatic N) is 2. The van der Waals surface area contributed by atoms with Crippen molar-refractivity contribution in [2.24, 2.45) is 0 Å². The lowest BCUT2D eigenvalue weighted by molar-refractivity contribution is -0.384. The summed E-state index contributed by atoms with van der Waals surface area (Å²) in [4.78, 5) is 35.8. The van der Waals surface area contributed by atoms with E-state index >= 15 is 0 Å². The molecule has 0 saturated heterocycles. The Labute approximate surface area is 157 Å². The molecule has 0 atom stereocenters. The molecule has 0 aromatic heterocycles. The Kier molecular flexibility index (Phi) is 6.82. The summed E-state index contributed by atoms with van der Waals surface area (Å²) in [6, 6.07) is 13.4. The van der Waals surface area contributed by atoms with Crippen LogP contribution in [-0.4, -0.2) is 35.4 Å². The average molecular weight is 368 g/mol. The Morgan fingerprint density at radius 2 is 1.81 bits per heavy atom. The first-order valence-corrected chi connectivity index (χ1v) is 8.23. The van der Waals surface area contributed by atoms with Gasteiger partial charge in [-0.1, -0.05) is 24.3 Å². The van der Waals surface area contributed by atoms with E-state index in [1.165, 1.54) is 30.2 Å². The van der Waals surface area contributed by atoms with Gasteiger partial charge in [0.05, 0.1) is 12.0 Å². The summed E-state index contributed by atoms with van der Waals surface area (Å²) in [5.74, 6) is -0.873. The molecule has 0 heterocycles. The number of non-ortho nitro benzene ring substituents is 1. The van der Waals surface area contributed by atoms with E-state index in [1.807, 2.05) is 31.2 Å². The van der Waals surface area contributed by atoms with Crippen LogP contribution in [0.2, 0.25) is 0 Å². The van der Waals surface area contributed by atoms with Gasteiger partial charge in [0, 0.05) is 24.8 Å². The number of methoxy groups -OCH3 is 1. The van der Waals surface area contributed by atoms with Crippen LogP contribution >= 0.6 is 0 Å². The molecule has 2 rings (SSSR count). The molecule has 0 spiro atoms. The lowest BCUT2D eigenvalue weighted by Crippen LogP contribution is -2.34. The molecule has 2 aromatic rings. The normalized spacial score (nSPS) is 10.6. The number of carbonyl (C=O) groups excluding carboxylic acids is 2. The molecule has 0 aliphatic rings. The smallest absolute Gasteiger partial charge is 0.325 e. The number of nitro benzene ring substituents is 1. The highest BCUT2D eigenvalue weighted by Gasteiger charge is 2.17. The van der Waals surface area contributed by atoms with Crippen LogP contribution in [0.25, 0.3) is 6.08 Å². The van der Waals surface area contributed by atoms with Gasteiger partial charge in [0.1, 0.15) is 6.54 Å². The number of benzene rings is 2. The fourth-order valence-electron chi connectivity index (χ4n) is 2.41. The minimum absolute atomic E-state index is 0.0228. The molecule has 2 aromatic carbocycles. The monoisotopic (exact) mass is 368 g/mol. The Morgan fingerprint density at radius 3 is 2.41 bits per heavy atom. The summed E-state index contributed by atoms with van der Waals surface area (Å²) in [7, 11) is 1.27. The van der Waals surface area contributed by atoms with E-state index < -0.39 is 10.9 Å². The number of hydrogen-bond donors (Lipinski definition) is 0. The molecule has 1 amide bonds. The second-order valence-electron chi connectivity index (χ2n) is 5.88. The molecule has 0 fully saturated rings. The van der Waals surface area contributed by atoms with Gasteiger partial charge in [0.15, 0.2) is 0 Å². The van der Waals surface area contributed by atoms with E-state index in [1.54, 1.807) is 18.2 Å². The van der Waals surface area contributed by atoms with Crippen molar-refractivity contribution < 1.29 is 19.2 Å². The van der Waals surface area contributed by atoms with Crippen LogP contribution in [0.1, 0.15) is 16.7 Å². The Balaban J connectivity index is 2.16. The zero-order chi connectivity index (χ0) is 19.8. The Hall–Kier alpha value is -3.48. The van der Waals surface area contributed by atoms with Gasteiger partial charge in [0.25, 0.3) is 5.69 Å². The van der Waals surface area contributed by atoms with Gasteiger partial charge >= 0.3 is 5.97 Å².